The Labute approximate surface area is 160 Å². The van der Waals surface area contributed by atoms with Crippen LogP contribution in [0.2, 0.25) is 0 Å². The number of nitrogens with two attached hydrogens (primary N) is 1. The van der Waals surface area contributed by atoms with Crippen LogP contribution in [-0.2, 0) is 24.7 Å². The molecule has 0 bridgehead atoms. The Hall–Kier alpha value is -2.81. The number of imide groups is 1. The molecular weight excluding hydrogens is 367 g/mol. The first-order valence-corrected chi connectivity index (χ1v) is 9.04. The van der Waals surface area contributed by atoms with Gasteiger partial charge < -0.3 is 11.1 Å². The van der Waals surface area contributed by atoms with Crippen molar-refractivity contribution in [1.82, 2.24) is 10.2 Å². The van der Waals surface area contributed by atoms with Crippen molar-refractivity contribution in [3.8, 4) is 0 Å². The summed E-state index contributed by atoms with van der Waals surface area (Å²) in [6, 6.07) is 2.99. The first-order chi connectivity index (χ1) is 13.0. The molecule has 2 saturated heterocycles. The van der Waals surface area contributed by atoms with Crippen LogP contribution in [0.15, 0.2) is 18.2 Å². The van der Waals surface area contributed by atoms with Crippen molar-refractivity contribution in [3.05, 3.63) is 29.6 Å². The molecule has 3 aliphatic heterocycles. The minimum Gasteiger partial charge on any atom is -0.370 e. The van der Waals surface area contributed by atoms with Gasteiger partial charge in [-0.3, -0.25) is 29.4 Å². The zero-order valence-corrected chi connectivity index (χ0v) is 15.7. The van der Waals surface area contributed by atoms with E-state index in [1.54, 1.807) is 20.8 Å². The van der Waals surface area contributed by atoms with Crippen molar-refractivity contribution in [2.24, 2.45) is 17.6 Å². The van der Waals surface area contributed by atoms with Gasteiger partial charge in [0.25, 0.3) is 0 Å². The lowest BCUT2D eigenvalue weighted by atomic mass is 9.76. The van der Waals surface area contributed by atoms with E-state index in [0.717, 1.165) is 4.90 Å². The van der Waals surface area contributed by atoms with E-state index in [9.17, 15) is 23.6 Å². The number of fused-ring (bicyclic) bond motifs is 4. The van der Waals surface area contributed by atoms with E-state index in [4.69, 9.17) is 5.73 Å². The van der Waals surface area contributed by atoms with Gasteiger partial charge in [-0.1, -0.05) is 0 Å². The highest BCUT2D eigenvalue weighted by Crippen LogP contribution is 2.54. The fourth-order valence-corrected chi connectivity index (χ4v) is 4.83. The second-order valence-electron chi connectivity index (χ2n) is 8.56. The highest BCUT2D eigenvalue weighted by atomic mass is 19.1. The summed E-state index contributed by atoms with van der Waals surface area (Å²) in [6.07, 6.45) is -0.224. The summed E-state index contributed by atoms with van der Waals surface area (Å²) >= 11 is 0. The Morgan fingerprint density at radius 3 is 2.54 bits per heavy atom. The monoisotopic (exact) mass is 388 g/mol. The number of nitrogens with one attached hydrogen (secondary N) is 2. The first kappa shape index (κ1) is 18.5. The van der Waals surface area contributed by atoms with Gasteiger partial charge >= 0.3 is 0 Å². The molecule has 4 amide bonds. The summed E-state index contributed by atoms with van der Waals surface area (Å²) in [5.41, 5.74) is 3.54. The van der Waals surface area contributed by atoms with Gasteiger partial charge in [0.2, 0.25) is 23.6 Å². The van der Waals surface area contributed by atoms with Crippen LogP contribution in [0.1, 0.15) is 32.8 Å². The molecule has 1 aromatic carbocycles. The van der Waals surface area contributed by atoms with Crippen LogP contribution in [0.5, 0.6) is 0 Å². The maximum Gasteiger partial charge on any atom is 0.250 e. The number of benzene rings is 1. The Balaban J connectivity index is 1.92. The Morgan fingerprint density at radius 1 is 1.25 bits per heavy atom. The number of rotatable bonds is 2. The van der Waals surface area contributed by atoms with Crippen LogP contribution in [0.3, 0.4) is 0 Å². The van der Waals surface area contributed by atoms with Gasteiger partial charge in [0.15, 0.2) is 0 Å². The van der Waals surface area contributed by atoms with E-state index < -0.39 is 58.4 Å². The number of carbonyl (C=O) groups is 4. The lowest BCUT2D eigenvalue weighted by Crippen LogP contribution is -2.56. The number of amides is 4. The fourth-order valence-electron chi connectivity index (χ4n) is 4.83. The standard InChI is InChI=1S/C19H21FN4O4/c1-18(2,3)24-15(26)13-11(7-12(21)25)23-19(14(13)16(24)27)9-6-8(20)4-5-10(9)22-17(19)28/h4-6,11,13-14,23H,7H2,1-3H3,(H2,21,25)(H,22,28)/t11-,13-,14+,19+/m1/s1. The largest absolute Gasteiger partial charge is 0.370 e. The molecule has 0 saturated carbocycles. The van der Waals surface area contributed by atoms with Gasteiger partial charge in [-0.05, 0) is 39.0 Å². The summed E-state index contributed by atoms with van der Waals surface area (Å²) in [6.45, 7) is 5.15. The summed E-state index contributed by atoms with van der Waals surface area (Å²) < 4.78 is 14.0. The van der Waals surface area contributed by atoms with Crippen molar-refractivity contribution in [1.29, 1.82) is 0 Å². The molecule has 1 aromatic rings. The minimum absolute atomic E-state index is 0.224. The molecule has 0 aliphatic carbocycles. The number of nitrogens with zero attached hydrogens (tertiary/aromatic N) is 1. The summed E-state index contributed by atoms with van der Waals surface area (Å²) in [5, 5.41) is 5.68. The van der Waals surface area contributed by atoms with E-state index >= 15 is 0 Å². The van der Waals surface area contributed by atoms with E-state index in [-0.39, 0.29) is 12.0 Å². The highest BCUT2D eigenvalue weighted by molar-refractivity contribution is 6.15. The number of carbonyl (C=O) groups excluding carboxylic acids is 4. The molecule has 8 nitrogen and oxygen atoms in total. The molecule has 3 aliphatic rings. The number of likely N-dealkylation sites (tertiary alicyclic amines) is 1. The van der Waals surface area contributed by atoms with Gasteiger partial charge in [0, 0.05) is 29.3 Å². The Bertz CT molecular complexity index is 940. The Morgan fingerprint density at radius 2 is 1.93 bits per heavy atom. The molecule has 0 radical (unpaired) electrons. The molecule has 2 fully saturated rings. The maximum absolute atomic E-state index is 14.0. The normalized spacial score (nSPS) is 31.4. The molecule has 3 heterocycles. The lowest BCUT2D eigenvalue weighted by molar-refractivity contribution is -0.147. The van der Waals surface area contributed by atoms with Crippen LogP contribution in [0.4, 0.5) is 10.1 Å². The van der Waals surface area contributed by atoms with Crippen LogP contribution in [0.25, 0.3) is 0 Å². The third-order valence-corrected chi connectivity index (χ3v) is 5.77. The van der Waals surface area contributed by atoms with Gasteiger partial charge in [0.05, 0.1) is 11.8 Å². The van der Waals surface area contributed by atoms with Crippen LogP contribution >= 0.6 is 0 Å². The predicted molar refractivity (Wildman–Crippen MR) is 96.0 cm³/mol. The van der Waals surface area contributed by atoms with Crippen molar-refractivity contribution < 1.29 is 23.6 Å². The quantitative estimate of drug-likeness (QED) is 0.626. The SMILES string of the molecule is CC(C)(C)N1C(=O)[C@H]2[C@@H](C1=O)[C@]1(N[C@@H]2CC(N)=O)C(=O)Nc2ccc(F)cc21. The van der Waals surface area contributed by atoms with Crippen molar-refractivity contribution in [2.75, 3.05) is 5.32 Å². The van der Waals surface area contributed by atoms with Crippen LogP contribution in [-0.4, -0.2) is 40.1 Å². The number of hydrogen-bond acceptors (Lipinski definition) is 5. The van der Waals surface area contributed by atoms with Crippen molar-refractivity contribution in [2.45, 2.75) is 44.3 Å². The molecule has 28 heavy (non-hydrogen) atoms. The molecule has 148 valence electrons. The van der Waals surface area contributed by atoms with E-state index in [1.807, 2.05) is 0 Å². The smallest absolute Gasteiger partial charge is 0.250 e. The van der Waals surface area contributed by atoms with Crippen LogP contribution < -0.4 is 16.4 Å². The third kappa shape index (κ3) is 2.25. The first-order valence-electron chi connectivity index (χ1n) is 9.04. The highest BCUT2D eigenvalue weighted by Gasteiger charge is 2.71. The average Bonchev–Trinajstić information content (AvgIpc) is 3.12. The van der Waals surface area contributed by atoms with Gasteiger partial charge in [-0.15, -0.1) is 0 Å². The van der Waals surface area contributed by atoms with Gasteiger partial charge in [-0.2, -0.15) is 0 Å². The average molecular weight is 388 g/mol. The summed E-state index contributed by atoms with van der Waals surface area (Å²) in [7, 11) is 0. The zero-order valence-electron chi connectivity index (χ0n) is 15.7. The number of primary amides is 1. The second-order valence-corrected chi connectivity index (χ2v) is 8.56. The summed E-state index contributed by atoms with van der Waals surface area (Å²) in [4.78, 5) is 52.3. The predicted octanol–water partition coefficient (Wildman–Crippen LogP) is 0.220. The van der Waals surface area contributed by atoms with Crippen LogP contribution in [0, 0.1) is 17.7 Å². The molecule has 1 spiro atoms. The molecular formula is C19H21FN4O4. The molecule has 4 N–H and O–H groups in total. The number of halogens is 1. The van der Waals surface area contributed by atoms with Crippen molar-refractivity contribution >= 4 is 29.3 Å². The molecule has 4 atom stereocenters. The second kappa shape index (κ2) is 5.60. The van der Waals surface area contributed by atoms with E-state index in [0.29, 0.717) is 5.69 Å². The van der Waals surface area contributed by atoms with Gasteiger partial charge in [0.1, 0.15) is 11.4 Å². The summed E-state index contributed by atoms with van der Waals surface area (Å²) in [5.74, 6) is -4.81. The zero-order chi connectivity index (χ0) is 20.6. The third-order valence-electron chi connectivity index (χ3n) is 5.77. The minimum atomic E-state index is -1.63. The maximum atomic E-state index is 14.0. The van der Waals surface area contributed by atoms with Gasteiger partial charge in [-0.25, -0.2) is 4.39 Å². The molecule has 4 rings (SSSR count). The Kier molecular flexibility index (Phi) is 3.71. The van der Waals surface area contributed by atoms with E-state index in [1.165, 1.54) is 18.2 Å². The van der Waals surface area contributed by atoms with E-state index in [2.05, 4.69) is 10.6 Å². The fraction of sp³-hybridized carbons (Fsp3) is 0.474. The molecule has 0 unspecified atom stereocenters. The topological polar surface area (TPSA) is 122 Å². The molecule has 9 heteroatoms. The number of anilines is 1. The lowest BCUT2D eigenvalue weighted by Gasteiger charge is -2.34. The number of hydrogen-bond donors (Lipinski definition) is 3. The van der Waals surface area contributed by atoms with Crippen molar-refractivity contribution in [3.63, 3.8) is 0 Å². The molecule has 0 aromatic heterocycles.